The number of ether oxygens (including phenoxy) is 2. The van der Waals surface area contributed by atoms with Crippen LogP contribution in [0.5, 0.6) is 11.8 Å². The zero-order valence-corrected chi connectivity index (χ0v) is 24.8. The molecule has 3 aliphatic rings. The monoisotopic (exact) mass is 575 g/mol. The molecule has 3 atom stereocenters. The third-order valence-corrected chi connectivity index (χ3v) is 9.32. The molecule has 3 aliphatic heterocycles. The third-order valence-electron chi connectivity index (χ3n) is 9.00. The second-order valence-electron chi connectivity index (χ2n) is 11.5. The molecule has 0 saturated carbocycles. The molecule has 1 amide bonds. The van der Waals surface area contributed by atoms with Crippen molar-refractivity contribution >= 4 is 34.1 Å². The number of fused-ring (bicyclic) bond motifs is 2. The summed E-state index contributed by atoms with van der Waals surface area (Å²) in [5.74, 6) is 1.53. The maximum Gasteiger partial charge on any atom is 0.318 e. The van der Waals surface area contributed by atoms with Crippen LogP contribution in [0, 0.1) is 0 Å². The van der Waals surface area contributed by atoms with Crippen LogP contribution in [0.25, 0.3) is 10.8 Å². The highest BCUT2D eigenvalue weighted by molar-refractivity contribution is 6.35. The summed E-state index contributed by atoms with van der Waals surface area (Å²) in [7, 11) is 4.20. The van der Waals surface area contributed by atoms with E-state index in [1.165, 1.54) is 12.5 Å². The van der Waals surface area contributed by atoms with Crippen molar-refractivity contribution in [1.29, 1.82) is 0 Å². The van der Waals surface area contributed by atoms with Crippen molar-refractivity contribution in [2.75, 3.05) is 45.2 Å². The highest BCUT2D eigenvalue weighted by Gasteiger charge is 2.39. The first-order chi connectivity index (χ1) is 19.9. The number of hydrogen-bond acceptors (Lipinski definition) is 7. The van der Waals surface area contributed by atoms with Crippen molar-refractivity contribution in [3.63, 3.8) is 0 Å². The predicted molar refractivity (Wildman–Crippen MR) is 162 cm³/mol. The van der Waals surface area contributed by atoms with Gasteiger partial charge in [-0.25, -0.2) is 0 Å². The molecule has 0 spiro atoms. The Morgan fingerprint density at radius 1 is 1.12 bits per heavy atom. The van der Waals surface area contributed by atoms with Crippen LogP contribution in [-0.4, -0.2) is 78.2 Å². The molecule has 0 N–H and O–H groups in total. The minimum atomic E-state index is -0.182. The van der Waals surface area contributed by atoms with Crippen LogP contribution >= 0.6 is 11.6 Å². The van der Waals surface area contributed by atoms with Gasteiger partial charge in [0, 0.05) is 42.5 Å². The molecule has 6 rings (SSSR count). The average Bonchev–Trinajstić information content (AvgIpc) is 3.40. The number of likely N-dealkylation sites (N-methyl/N-ethyl adjacent to an activating group) is 2. The fraction of sp³-hybridized carbons (Fsp3) is 0.469. The van der Waals surface area contributed by atoms with Crippen molar-refractivity contribution in [3.8, 4) is 11.8 Å². The summed E-state index contributed by atoms with van der Waals surface area (Å²) in [6.07, 6.45) is 5.06. The van der Waals surface area contributed by atoms with Gasteiger partial charge in [0.25, 0.3) is 0 Å². The SMILES string of the molecule is C=CC(=O)N1CCC(c2nc(OCC3CCCN3C)nc3c2O[C@H](C)C(c2cccc4cccc(Cl)c24)N3C)CC1. The van der Waals surface area contributed by atoms with Gasteiger partial charge in [-0.1, -0.05) is 48.5 Å². The largest absolute Gasteiger partial charge is 0.482 e. The van der Waals surface area contributed by atoms with Crippen molar-refractivity contribution in [2.45, 2.75) is 56.7 Å². The second-order valence-corrected chi connectivity index (χ2v) is 11.9. The molecule has 2 fully saturated rings. The highest BCUT2D eigenvalue weighted by atomic mass is 35.5. The maximum atomic E-state index is 12.2. The number of carbonyl (C=O) groups is 1. The molecule has 0 bridgehead atoms. The Kier molecular flexibility index (Phi) is 7.79. The van der Waals surface area contributed by atoms with E-state index in [1.807, 2.05) is 17.0 Å². The van der Waals surface area contributed by atoms with Crippen LogP contribution in [-0.2, 0) is 4.79 Å². The van der Waals surface area contributed by atoms with Gasteiger partial charge >= 0.3 is 6.01 Å². The summed E-state index contributed by atoms with van der Waals surface area (Å²) in [6.45, 7) is 8.67. The summed E-state index contributed by atoms with van der Waals surface area (Å²) in [5, 5.41) is 2.84. The number of aromatic nitrogens is 2. The number of piperidine rings is 1. The molecule has 9 heteroatoms. The van der Waals surface area contributed by atoms with Crippen LogP contribution in [0.1, 0.15) is 55.8 Å². The Morgan fingerprint density at radius 3 is 2.59 bits per heavy atom. The fourth-order valence-electron chi connectivity index (χ4n) is 6.72. The van der Waals surface area contributed by atoms with Gasteiger partial charge in [-0.05, 0) is 69.3 Å². The van der Waals surface area contributed by atoms with Crippen molar-refractivity contribution in [3.05, 3.63) is 65.3 Å². The Balaban J connectivity index is 1.38. The summed E-state index contributed by atoms with van der Waals surface area (Å²) < 4.78 is 13.0. The zero-order valence-electron chi connectivity index (χ0n) is 24.1. The van der Waals surface area contributed by atoms with E-state index in [4.69, 9.17) is 31.0 Å². The van der Waals surface area contributed by atoms with Gasteiger partial charge in [-0.15, -0.1) is 0 Å². The lowest BCUT2D eigenvalue weighted by molar-refractivity contribution is -0.127. The normalized spacial score (nSPS) is 23.4. The number of carbonyl (C=O) groups excluding carboxylic acids is 1. The summed E-state index contributed by atoms with van der Waals surface area (Å²) in [6, 6.07) is 12.9. The molecule has 1 aromatic heterocycles. The average molecular weight is 576 g/mol. The van der Waals surface area contributed by atoms with E-state index in [2.05, 4.69) is 61.7 Å². The van der Waals surface area contributed by atoms with Gasteiger partial charge < -0.3 is 24.2 Å². The van der Waals surface area contributed by atoms with Crippen molar-refractivity contribution < 1.29 is 14.3 Å². The molecule has 41 heavy (non-hydrogen) atoms. The summed E-state index contributed by atoms with van der Waals surface area (Å²) in [5.41, 5.74) is 1.96. The van der Waals surface area contributed by atoms with Crippen LogP contribution in [0.4, 0.5) is 5.82 Å². The van der Waals surface area contributed by atoms with Gasteiger partial charge in [0.1, 0.15) is 12.7 Å². The first-order valence-electron chi connectivity index (χ1n) is 14.6. The highest BCUT2D eigenvalue weighted by Crippen LogP contribution is 2.47. The number of likely N-dealkylation sites (tertiary alicyclic amines) is 2. The van der Waals surface area contributed by atoms with E-state index in [1.54, 1.807) is 0 Å². The van der Waals surface area contributed by atoms with Gasteiger partial charge in [-0.3, -0.25) is 4.79 Å². The fourth-order valence-corrected chi connectivity index (χ4v) is 7.01. The van der Waals surface area contributed by atoms with E-state index < -0.39 is 0 Å². The number of anilines is 1. The number of amides is 1. The molecule has 8 nitrogen and oxygen atoms in total. The quantitative estimate of drug-likeness (QED) is 0.354. The molecular weight excluding hydrogens is 538 g/mol. The lowest BCUT2D eigenvalue weighted by Gasteiger charge is -2.41. The van der Waals surface area contributed by atoms with Crippen LogP contribution < -0.4 is 14.4 Å². The Bertz CT molecular complexity index is 1450. The van der Waals surface area contributed by atoms with Gasteiger partial charge in [0.05, 0.1) is 11.7 Å². The Hall–Kier alpha value is -3.36. The van der Waals surface area contributed by atoms with Crippen LogP contribution in [0.15, 0.2) is 49.1 Å². The molecule has 216 valence electrons. The summed E-state index contributed by atoms with van der Waals surface area (Å²) in [4.78, 5) is 28.5. The minimum absolute atomic E-state index is 0.0286. The first kappa shape index (κ1) is 27.8. The zero-order chi connectivity index (χ0) is 28.7. The predicted octanol–water partition coefficient (Wildman–Crippen LogP) is 5.61. The van der Waals surface area contributed by atoms with Gasteiger partial charge in [-0.2, -0.15) is 9.97 Å². The minimum Gasteiger partial charge on any atom is -0.482 e. The number of halogens is 1. The number of rotatable bonds is 6. The van der Waals surface area contributed by atoms with E-state index in [0.29, 0.717) is 37.5 Å². The smallest absolute Gasteiger partial charge is 0.318 e. The number of hydrogen-bond donors (Lipinski definition) is 0. The Morgan fingerprint density at radius 2 is 1.88 bits per heavy atom. The molecule has 2 aromatic carbocycles. The summed E-state index contributed by atoms with van der Waals surface area (Å²) >= 11 is 6.75. The van der Waals surface area contributed by atoms with E-state index in [0.717, 1.165) is 58.7 Å². The van der Waals surface area contributed by atoms with E-state index >= 15 is 0 Å². The lowest BCUT2D eigenvalue weighted by atomic mass is 9.90. The molecule has 0 radical (unpaired) electrons. The third kappa shape index (κ3) is 5.24. The van der Waals surface area contributed by atoms with E-state index in [-0.39, 0.29) is 24.0 Å². The van der Waals surface area contributed by atoms with Gasteiger partial charge in [0.15, 0.2) is 11.6 Å². The molecular formula is C32H38ClN5O3. The number of nitrogens with zero attached hydrogens (tertiary/aromatic N) is 5. The molecule has 2 saturated heterocycles. The first-order valence-corrected chi connectivity index (χ1v) is 15.0. The number of benzene rings is 2. The van der Waals surface area contributed by atoms with Crippen molar-refractivity contribution in [1.82, 2.24) is 19.8 Å². The molecule has 4 heterocycles. The molecule has 0 aliphatic carbocycles. The molecule has 3 aromatic rings. The van der Waals surface area contributed by atoms with Crippen LogP contribution in [0.2, 0.25) is 5.02 Å². The Labute approximate surface area is 246 Å². The standard InChI is InChI=1S/C32H38ClN5O3/c1-5-26(39)38-17-14-22(15-18-38)28-30-31(35-32(34-28)40-19-23-11-8-16-36(23)3)37(4)29(20(2)41-30)24-12-6-9-21-10-7-13-25(33)27(21)24/h5-7,9-10,12-13,20,22-23,29H,1,8,11,14-19H2,2-4H3/t20-,23?,29?/m1/s1. The van der Waals surface area contributed by atoms with Gasteiger partial charge in [0.2, 0.25) is 5.91 Å². The molecule has 2 unspecified atom stereocenters. The van der Waals surface area contributed by atoms with E-state index in [9.17, 15) is 4.79 Å². The lowest BCUT2D eigenvalue weighted by Crippen LogP contribution is -2.42. The second kappa shape index (κ2) is 11.5. The maximum absolute atomic E-state index is 12.2. The topological polar surface area (TPSA) is 71.0 Å². The van der Waals surface area contributed by atoms with Crippen molar-refractivity contribution in [2.24, 2.45) is 0 Å². The van der Waals surface area contributed by atoms with Crippen LogP contribution in [0.3, 0.4) is 0 Å².